The molecule has 4 aromatic rings. The van der Waals surface area contributed by atoms with E-state index in [9.17, 15) is 9.59 Å². The van der Waals surface area contributed by atoms with Gasteiger partial charge in [0, 0.05) is 49.5 Å². The summed E-state index contributed by atoms with van der Waals surface area (Å²) in [6.45, 7) is 4.24. The van der Waals surface area contributed by atoms with Crippen LogP contribution in [0.5, 0.6) is 0 Å². The number of ether oxygens (including phenoxy) is 2. The van der Waals surface area contributed by atoms with Crippen LogP contribution >= 0.6 is 0 Å². The molecule has 0 spiro atoms. The second-order valence-electron chi connectivity index (χ2n) is 10.1. The maximum absolute atomic E-state index is 12.7. The van der Waals surface area contributed by atoms with Crippen LogP contribution in [0.1, 0.15) is 31.9 Å². The van der Waals surface area contributed by atoms with E-state index in [-0.39, 0.29) is 19.3 Å². The minimum Gasteiger partial charge on any atom is -0.466 e. The van der Waals surface area contributed by atoms with Crippen molar-refractivity contribution in [3.05, 3.63) is 71.8 Å². The van der Waals surface area contributed by atoms with Gasteiger partial charge in [0.2, 0.25) is 5.91 Å². The van der Waals surface area contributed by atoms with Crippen molar-refractivity contribution in [1.29, 1.82) is 0 Å². The summed E-state index contributed by atoms with van der Waals surface area (Å²) in [5.41, 5.74) is 7.38. The Hall–Kier alpha value is -4.23. The monoisotopic (exact) mass is 537 g/mol. The summed E-state index contributed by atoms with van der Waals surface area (Å²) in [5, 5.41) is 3.30. The second kappa shape index (κ2) is 11.5. The third kappa shape index (κ3) is 5.17. The van der Waals surface area contributed by atoms with Crippen molar-refractivity contribution in [3.8, 4) is 11.3 Å². The van der Waals surface area contributed by atoms with Gasteiger partial charge in [-0.25, -0.2) is 4.98 Å². The van der Waals surface area contributed by atoms with Crippen LogP contribution < -0.4 is 4.90 Å². The number of benzene rings is 3. The van der Waals surface area contributed by atoms with Crippen LogP contribution in [-0.2, 0) is 25.5 Å². The van der Waals surface area contributed by atoms with Gasteiger partial charge in [0.25, 0.3) is 0 Å². The van der Waals surface area contributed by atoms with E-state index >= 15 is 0 Å². The largest absolute Gasteiger partial charge is 0.466 e. The first-order chi connectivity index (χ1) is 19.0. The molecule has 1 amide bonds. The molecule has 0 atom stereocenters. The first-order valence-electron chi connectivity index (χ1n) is 13.4. The molecule has 0 unspecified atom stereocenters. The van der Waals surface area contributed by atoms with Gasteiger partial charge in [0.15, 0.2) is 0 Å². The molecule has 7 heteroatoms. The van der Waals surface area contributed by atoms with Crippen LogP contribution in [0.4, 0.5) is 11.4 Å². The number of hydrogen-bond donors (Lipinski definition) is 0. The van der Waals surface area contributed by atoms with Gasteiger partial charge < -0.3 is 19.3 Å². The van der Waals surface area contributed by atoms with E-state index in [1.165, 1.54) is 12.5 Å². The molecule has 1 saturated heterocycles. The number of carbonyl (C=O) groups is 2. The van der Waals surface area contributed by atoms with E-state index in [2.05, 4.69) is 54.4 Å². The highest BCUT2D eigenvalue weighted by atomic mass is 16.5. The maximum Gasteiger partial charge on any atom is 0.302 e. The number of nitrogens with zero attached hydrogens (tertiary/aromatic N) is 3. The van der Waals surface area contributed by atoms with E-state index in [0.717, 1.165) is 62.7 Å². The quantitative estimate of drug-likeness (QED) is 0.127. The van der Waals surface area contributed by atoms with Gasteiger partial charge >= 0.3 is 5.97 Å². The number of rotatable bonds is 6. The summed E-state index contributed by atoms with van der Waals surface area (Å²) >= 11 is 0. The average molecular weight is 538 g/mol. The van der Waals surface area contributed by atoms with E-state index in [0.29, 0.717) is 32.9 Å². The molecule has 40 heavy (non-hydrogen) atoms. The zero-order valence-corrected chi connectivity index (χ0v) is 22.3. The van der Waals surface area contributed by atoms with Gasteiger partial charge in [-0.05, 0) is 59.7 Å². The zero-order chi connectivity index (χ0) is 26.9. The molecule has 2 aliphatic rings. The molecule has 0 radical (unpaired) electrons. The third-order valence-electron chi connectivity index (χ3n) is 7.50. The molecule has 206 valence electrons. The molecule has 1 aromatic heterocycles. The van der Waals surface area contributed by atoms with Gasteiger partial charge in [0.1, 0.15) is 0 Å². The minimum atomic E-state index is -0.255. The fraction of sp³-hybridized carbons (Fsp3) is 0.303. The molecule has 1 fully saturated rings. The Balaban J connectivity index is 0.00000323. The van der Waals surface area contributed by atoms with Crippen LogP contribution in [0.2, 0.25) is 0 Å². The third-order valence-corrected chi connectivity index (χ3v) is 7.50. The molecule has 7 nitrogen and oxygen atoms in total. The molecule has 0 saturated carbocycles. The summed E-state index contributed by atoms with van der Waals surface area (Å²) < 4.78 is 10.5. The second-order valence-corrected chi connectivity index (χ2v) is 10.1. The molecule has 0 bridgehead atoms. The van der Waals surface area contributed by atoms with Crippen molar-refractivity contribution in [2.75, 3.05) is 44.9 Å². The number of anilines is 2. The highest BCUT2D eigenvalue weighted by Crippen LogP contribution is 2.48. The van der Waals surface area contributed by atoms with Gasteiger partial charge in [-0.15, -0.1) is 0 Å². The highest BCUT2D eigenvalue weighted by Gasteiger charge is 2.25. The van der Waals surface area contributed by atoms with Crippen molar-refractivity contribution in [1.82, 2.24) is 9.88 Å². The van der Waals surface area contributed by atoms with Gasteiger partial charge in [-0.2, -0.15) is 0 Å². The Morgan fingerprint density at radius 2 is 1.82 bits per heavy atom. The maximum atomic E-state index is 12.7. The van der Waals surface area contributed by atoms with Gasteiger partial charge in [0.05, 0.1) is 42.4 Å². The zero-order valence-electron chi connectivity index (χ0n) is 22.3. The number of pyridine rings is 1. The normalized spacial score (nSPS) is 14.3. The van der Waals surface area contributed by atoms with Crippen molar-refractivity contribution < 1.29 is 19.1 Å². The lowest BCUT2D eigenvalue weighted by Gasteiger charge is -2.30. The van der Waals surface area contributed by atoms with E-state index in [1.807, 2.05) is 23.1 Å². The van der Waals surface area contributed by atoms with Crippen molar-refractivity contribution in [2.24, 2.45) is 0 Å². The summed E-state index contributed by atoms with van der Waals surface area (Å²) in [6.07, 6.45) is 5.07. The summed E-state index contributed by atoms with van der Waals surface area (Å²) in [4.78, 5) is 33.1. The fourth-order valence-electron chi connectivity index (χ4n) is 5.54. The van der Waals surface area contributed by atoms with Crippen LogP contribution in [-0.4, -0.2) is 61.7 Å². The summed E-state index contributed by atoms with van der Waals surface area (Å²) in [7, 11) is 2.10. The fourth-order valence-corrected chi connectivity index (χ4v) is 5.54. The topological polar surface area (TPSA) is 72.0 Å². The Morgan fingerprint density at radius 1 is 1.02 bits per heavy atom. The van der Waals surface area contributed by atoms with Crippen molar-refractivity contribution in [2.45, 2.75) is 27.2 Å². The predicted octanol–water partition coefficient (Wildman–Crippen LogP) is 6.14. The molecule has 0 N–H and O–H groups in total. The standard InChI is InChI=1S/C32H31N3O4.CH4/c1-21(36)39-15-5-6-23-19-26-25-18-22(10-12-30(37)35-13-16-38-17-14-35)9-11-27(25)33-32-24-7-3-4-8-28(24)34(2)29(20-23)31(26)32;/h3-4,7-12,18-20H,5-6,13-17H2,1-2H3;1H4/b12-10+;. The Labute approximate surface area is 235 Å². The molecule has 3 aromatic carbocycles. The summed E-state index contributed by atoms with van der Waals surface area (Å²) in [6, 6.07) is 19.0. The highest BCUT2D eigenvalue weighted by molar-refractivity contribution is 6.19. The molecular weight excluding hydrogens is 502 g/mol. The van der Waals surface area contributed by atoms with Crippen LogP contribution in [0, 0.1) is 0 Å². The van der Waals surface area contributed by atoms with E-state index < -0.39 is 0 Å². The molecular formula is C33H35N3O4. The molecule has 3 heterocycles. The number of morpholine rings is 1. The number of aryl methyl sites for hydroxylation is 1. The average Bonchev–Trinajstić information content (AvgIpc) is 2.97. The van der Waals surface area contributed by atoms with Gasteiger partial charge in [-0.3, -0.25) is 9.59 Å². The smallest absolute Gasteiger partial charge is 0.302 e. The number of fused-ring (bicyclic) bond motifs is 4. The molecule has 6 rings (SSSR count). The Morgan fingerprint density at radius 3 is 2.62 bits per heavy atom. The van der Waals surface area contributed by atoms with E-state index in [1.54, 1.807) is 6.08 Å². The number of para-hydroxylation sites is 1. The number of aromatic nitrogens is 1. The lowest BCUT2D eigenvalue weighted by molar-refractivity contribution is -0.141. The molecule has 2 aliphatic heterocycles. The van der Waals surface area contributed by atoms with Crippen molar-refractivity contribution in [3.63, 3.8) is 0 Å². The number of hydrogen-bond acceptors (Lipinski definition) is 6. The SMILES string of the molecule is C.CC(=O)OCCCc1cc2c3c(nc4ccc(/C=C/C(=O)N5CCOCC5)cc4c3c1)-c1ccccc1N2C. The van der Waals surface area contributed by atoms with Gasteiger partial charge in [-0.1, -0.05) is 37.8 Å². The van der Waals surface area contributed by atoms with Crippen LogP contribution in [0.25, 0.3) is 39.0 Å². The Kier molecular flexibility index (Phi) is 7.85. The van der Waals surface area contributed by atoms with Crippen molar-refractivity contribution >= 4 is 51.0 Å². The van der Waals surface area contributed by atoms with Crippen LogP contribution in [0.3, 0.4) is 0 Å². The lowest BCUT2D eigenvalue weighted by atomic mass is 9.91. The number of carbonyl (C=O) groups excluding carboxylic acids is 2. The lowest BCUT2D eigenvalue weighted by Crippen LogP contribution is -2.39. The molecule has 0 aliphatic carbocycles. The summed E-state index contributed by atoms with van der Waals surface area (Å²) in [5.74, 6) is -0.254. The minimum absolute atomic E-state index is 0. The van der Waals surface area contributed by atoms with Crippen LogP contribution in [0.15, 0.2) is 60.7 Å². The first kappa shape index (κ1) is 27.3. The number of amides is 1. The Bertz CT molecular complexity index is 1620. The predicted molar refractivity (Wildman–Crippen MR) is 161 cm³/mol. The first-order valence-corrected chi connectivity index (χ1v) is 13.4. The number of esters is 1. The van der Waals surface area contributed by atoms with E-state index in [4.69, 9.17) is 14.5 Å².